The summed E-state index contributed by atoms with van der Waals surface area (Å²) in [7, 11) is 0. The first-order valence-corrected chi connectivity index (χ1v) is 4.80. The molecule has 0 aromatic carbocycles. The molecule has 0 unspecified atom stereocenters. The van der Waals surface area contributed by atoms with E-state index in [4.69, 9.17) is 0 Å². The van der Waals surface area contributed by atoms with Gasteiger partial charge in [-0.1, -0.05) is 0 Å². The molecule has 5 heteroatoms. The third-order valence-electron chi connectivity index (χ3n) is 2.28. The van der Waals surface area contributed by atoms with E-state index in [2.05, 4.69) is 20.6 Å². The summed E-state index contributed by atoms with van der Waals surface area (Å²) in [5, 5.41) is 6.44. The van der Waals surface area contributed by atoms with Crippen molar-refractivity contribution in [1.29, 1.82) is 0 Å². The molecule has 1 aromatic rings. The SMILES string of the molecule is Fc1nccc(N[C@H]2CCCNC2)n1. The van der Waals surface area contributed by atoms with E-state index in [1.165, 1.54) is 6.20 Å². The molecule has 1 aromatic heterocycles. The first-order valence-electron chi connectivity index (χ1n) is 4.80. The van der Waals surface area contributed by atoms with Gasteiger partial charge in [-0.25, -0.2) is 4.98 Å². The third kappa shape index (κ3) is 2.38. The predicted molar refractivity (Wildman–Crippen MR) is 51.5 cm³/mol. The highest BCUT2D eigenvalue weighted by molar-refractivity contribution is 5.33. The highest BCUT2D eigenvalue weighted by atomic mass is 19.1. The van der Waals surface area contributed by atoms with Crippen LogP contribution >= 0.6 is 0 Å². The lowest BCUT2D eigenvalue weighted by molar-refractivity contribution is 0.476. The third-order valence-corrected chi connectivity index (χ3v) is 2.28. The summed E-state index contributed by atoms with van der Waals surface area (Å²) < 4.78 is 12.6. The smallest absolute Gasteiger partial charge is 0.310 e. The summed E-state index contributed by atoms with van der Waals surface area (Å²) in [5.74, 6) is 0.561. The van der Waals surface area contributed by atoms with Crippen molar-refractivity contribution in [3.8, 4) is 0 Å². The van der Waals surface area contributed by atoms with Gasteiger partial charge < -0.3 is 10.6 Å². The summed E-state index contributed by atoms with van der Waals surface area (Å²) >= 11 is 0. The fourth-order valence-corrected chi connectivity index (χ4v) is 1.60. The number of hydrogen-bond acceptors (Lipinski definition) is 4. The van der Waals surface area contributed by atoms with Gasteiger partial charge in [0.25, 0.3) is 0 Å². The van der Waals surface area contributed by atoms with Gasteiger partial charge in [0.15, 0.2) is 0 Å². The first-order chi connectivity index (χ1) is 6.84. The summed E-state index contributed by atoms with van der Waals surface area (Å²) in [5.41, 5.74) is 0. The largest absolute Gasteiger partial charge is 0.366 e. The Balaban J connectivity index is 1.95. The number of anilines is 1. The van der Waals surface area contributed by atoms with Crippen LogP contribution in [0, 0.1) is 6.08 Å². The molecule has 0 saturated carbocycles. The van der Waals surface area contributed by atoms with Gasteiger partial charge in [-0.05, 0) is 25.5 Å². The van der Waals surface area contributed by atoms with Gasteiger partial charge in [0, 0.05) is 18.8 Å². The lowest BCUT2D eigenvalue weighted by Gasteiger charge is -2.24. The number of piperidine rings is 1. The molecule has 0 bridgehead atoms. The van der Waals surface area contributed by atoms with Crippen LogP contribution in [0.15, 0.2) is 12.3 Å². The van der Waals surface area contributed by atoms with E-state index in [-0.39, 0.29) is 0 Å². The normalized spacial score (nSPS) is 21.9. The standard InChI is InChI=1S/C9H13FN4/c10-9-12-5-3-8(14-9)13-7-2-1-4-11-6-7/h3,5,7,11H,1-2,4,6H2,(H,12,13,14)/t7-/m0/s1. The average Bonchev–Trinajstić information content (AvgIpc) is 2.19. The molecular weight excluding hydrogens is 183 g/mol. The maximum atomic E-state index is 12.6. The number of nitrogens with zero attached hydrogens (tertiary/aromatic N) is 2. The minimum absolute atomic E-state index is 0.345. The Hall–Kier alpha value is -1.23. The van der Waals surface area contributed by atoms with E-state index in [0.29, 0.717) is 11.9 Å². The van der Waals surface area contributed by atoms with Gasteiger partial charge >= 0.3 is 6.08 Å². The van der Waals surface area contributed by atoms with Crippen molar-refractivity contribution < 1.29 is 4.39 Å². The number of nitrogens with one attached hydrogen (secondary N) is 2. The minimum Gasteiger partial charge on any atom is -0.366 e. The number of hydrogen-bond donors (Lipinski definition) is 2. The van der Waals surface area contributed by atoms with Crippen LogP contribution in [0.2, 0.25) is 0 Å². The maximum absolute atomic E-state index is 12.6. The van der Waals surface area contributed by atoms with E-state index in [1.54, 1.807) is 6.07 Å². The molecule has 0 aliphatic carbocycles. The second kappa shape index (κ2) is 4.32. The zero-order valence-corrected chi connectivity index (χ0v) is 7.83. The first kappa shape index (κ1) is 9.33. The van der Waals surface area contributed by atoms with Crippen LogP contribution in [-0.2, 0) is 0 Å². The van der Waals surface area contributed by atoms with Gasteiger partial charge in [0.1, 0.15) is 5.82 Å². The van der Waals surface area contributed by atoms with Crippen LogP contribution in [0.5, 0.6) is 0 Å². The molecule has 0 amide bonds. The Morgan fingerprint density at radius 2 is 2.50 bits per heavy atom. The molecule has 76 valence electrons. The Morgan fingerprint density at radius 1 is 1.57 bits per heavy atom. The lowest BCUT2D eigenvalue weighted by Crippen LogP contribution is -2.38. The van der Waals surface area contributed by atoms with Gasteiger partial charge in [0.05, 0.1) is 0 Å². The minimum atomic E-state index is -0.682. The number of aromatic nitrogens is 2. The molecule has 2 rings (SSSR count). The molecule has 0 radical (unpaired) electrons. The quantitative estimate of drug-likeness (QED) is 0.686. The zero-order valence-electron chi connectivity index (χ0n) is 7.83. The number of rotatable bonds is 2. The fraction of sp³-hybridized carbons (Fsp3) is 0.556. The van der Waals surface area contributed by atoms with E-state index in [1.807, 2.05) is 0 Å². The molecule has 1 fully saturated rings. The van der Waals surface area contributed by atoms with Gasteiger partial charge in [-0.2, -0.15) is 9.37 Å². The van der Waals surface area contributed by atoms with Crippen LogP contribution in [-0.4, -0.2) is 29.1 Å². The molecule has 1 atom stereocenters. The topological polar surface area (TPSA) is 49.8 Å². The van der Waals surface area contributed by atoms with Crippen LogP contribution in [0.25, 0.3) is 0 Å². The van der Waals surface area contributed by atoms with E-state index in [9.17, 15) is 4.39 Å². The highest BCUT2D eigenvalue weighted by Gasteiger charge is 2.12. The van der Waals surface area contributed by atoms with Crippen molar-refractivity contribution in [2.24, 2.45) is 0 Å². The summed E-state index contributed by atoms with van der Waals surface area (Å²) in [6.07, 6.45) is 2.98. The molecule has 1 saturated heterocycles. The second-order valence-corrected chi connectivity index (χ2v) is 3.40. The van der Waals surface area contributed by atoms with Crippen LogP contribution in [0.4, 0.5) is 10.2 Å². The van der Waals surface area contributed by atoms with E-state index < -0.39 is 6.08 Å². The second-order valence-electron chi connectivity index (χ2n) is 3.40. The van der Waals surface area contributed by atoms with Crippen molar-refractivity contribution in [2.75, 3.05) is 18.4 Å². The van der Waals surface area contributed by atoms with Crippen molar-refractivity contribution in [3.63, 3.8) is 0 Å². The maximum Gasteiger partial charge on any atom is 0.310 e. The van der Waals surface area contributed by atoms with E-state index in [0.717, 1.165) is 25.9 Å². The Bertz CT molecular complexity index is 299. The van der Waals surface area contributed by atoms with Gasteiger partial charge in [0.2, 0.25) is 0 Å². The zero-order chi connectivity index (χ0) is 9.80. The molecule has 4 nitrogen and oxygen atoms in total. The molecule has 14 heavy (non-hydrogen) atoms. The number of halogens is 1. The Labute approximate surface area is 82.0 Å². The molecule has 1 aliphatic rings. The predicted octanol–water partition coefficient (Wildman–Crippen LogP) is 0.780. The highest BCUT2D eigenvalue weighted by Crippen LogP contribution is 2.09. The Kier molecular flexibility index (Phi) is 2.88. The van der Waals surface area contributed by atoms with Crippen LogP contribution in [0.3, 0.4) is 0 Å². The summed E-state index contributed by atoms with van der Waals surface area (Å²) in [6, 6.07) is 2.02. The van der Waals surface area contributed by atoms with Crippen LogP contribution in [0.1, 0.15) is 12.8 Å². The molecule has 1 aliphatic heterocycles. The Morgan fingerprint density at radius 3 is 3.21 bits per heavy atom. The van der Waals surface area contributed by atoms with Crippen molar-refractivity contribution in [2.45, 2.75) is 18.9 Å². The van der Waals surface area contributed by atoms with Crippen molar-refractivity contribution in [3.05, 3.63) is 18.3 Å². The molecule has 0 spiro atoms. The summed E-state index contributed by atoms with van der Waals surface area (Å²) in [6.45, 7) is 1.97. The van der Waals surface area contributed by atoms with Crippen molar-refractivity contribution in [1.82, 2.24) is 15.3 Å². The fourth-order valence-electron chi connectivity index (χ4n) is 1.60. The molecule has 2 heterocycles. The summed E-state index contributed by atoms with van der Waals surface area (Å²) in [4.78, 5) is 7.05. The molecular formula is C9H13FN4. The van der Waals surface area contributed by atoms with Crippen LogP contribution < -0.4 is 10.6 Å². The lowest BCUT2D eigenvalue weighted by atomic mass is 10.1. The van der Waals surface area contributed by atoms with E-state index >= 15 is 0 Å². The van der Waals surface area contributed by atoms with Crippen molar-refractivity contribution >= 4 is 5.82 Å². The monoisotopic (exact) mass is 196 g/mol. The average molecular weight is 196 g/mol. The molecule has 2 N–H and O–H groups in total. The van der Waals surface area contributed by atoms with Gasteiger partial charge in [-0.15, -0.1) is 0 Å². The van der Waals surface area contributed by atoms with Gasteiger partial charge in [-0.3, -0.25) is 0 Å².